The van der Waals surface area contributed by atoms with E-state index in [-0.39, 0.29) is 23.1 Å². The molecule has 1 amide bonds. The Morgan fingerprint density at radius 2 is 1.93 bits per heavy atom. The molecule has 0 aliphatic carbocycles. The van der Waals surface area contributed by atoms with E-state index >= 15 is 0 Å². The van der Waals surface area contributed by atoms with Crippen LogP contribution in [0.5, 0.6) is 0 Å². The largest absolute Gasteiger partial charge is 0.472 e. The summed E-state index contributed by atoms with van der Waals surface area (Å²) in [5.41, 5.74) is 1.64. The van der Waals surface area contributed by atoms with Crippen molar-refractivity contribution >= 4 is 38.2 Å². The highest BCUT2D eigenvalue weighted by atomic mass is 32.2. The highest BCUT2D eigenvalue weighted by Gasteiger charge is 2.30. The zero-order valence-electron chi connectivity index (χ0n) is 15.4. The number of aromatic nitrogens is 1. The zero-order chi connectivity index (χ0) is 20.6. The summed E-state index contributed by atoms with van der Waals surface area (Å²) >= 11 is 1.26. The molecular formula is C19H17N3O5S2. The molecule has 0 saturated carbocycles. The lowest BCUT2D eigenvalue weighted by Gasteiger charge is -2.25. The van der Waals surface area contributed by atoms with Crippen LogP contribution in [0.1, 0.15) is 38.2 Å². The number of Topliss-reactive ketones (excluding diaryl/α,β-unsaturated/α-hetero) is 1. The first-order valence-electron chi connectivity index (χ1n) is 8.78. The van der Waals surface area contributed by atoms with Crippen molar-refractivity contribution in [2.75, 3.05) is 11.9 Å². The fourth-order valence-corrected chi connectivity index (χ4v) is 5.51. The van der Waals surface area contributed by atoms with E-state index in [1.165, 1.54) is 59.4 Å². The first-order valence-corrected chi connectivity index (χ1v) is 11.0. The molecule has 3 aromatic rings. The van der Waals surface area contributed by atoms with Crippen LogP contribution in [0.15, 0.2) is 52.2 Å². The molecule has 1 N–H and O–H groups in total. The highest BCUT2D eigenvalue weighted by molar-refractivity contribution is 7.89. The van der Waals surface area contributed by atoms with Gasteiger partial charge in [0.25, 0.3) is 5.91 Å². The van der Waals surface area contributed by atoms with Crippen LogP contribution in [-0.4, -0.2) is 35.9 Å². The molecule has 1 aliphatic rings. The van der Waals surface area contributed by atoms with Gasteiger partial charge >= 0.3 is 0 Å². The summed E-state index contributed by atoms with van der Waals surface area (Å²) in [4.78, 5) is 28.9. The van der Waals surface area contributed by atoms with Crippen molar-refractivity contribution in [2.45, 2.75) is 24.8 Å². The Hall–Kier alpha value is -2.82. The number of anilines is 1. The van der Waals surface area contributed by atoms with Crippen molar-refractivity contribution in [3.05, 3.63) is 64.6 Å². The number of amides is 1. The molecule has 0 unspecified atom stereocenters. The number of rotatable bonds is 5. The number of fused-ring (bicyclic) bond motifs is 1. The molecule has 0 radical (unpaired) electrons. The summed E-state index contributed by atoms with van der Waals surface area (Å²) < 4.78 is 32.2. The summed E-state index contributed by atoms with van der Waals surface area (Å²) in [6, 6.07) is 7.48. The average Bonchev–Trinajstić information content (AvgIpc) is 3.37. The summed E-state index contributed by atoms with van der Waals surface area (Å²) in [7, 11) is -3.70. The number of sulfonamides is 1. The molecule has 0 saturated heterocycles. The van der Waals surface area contributed by atoms with Gasteiger partial charge < -0.3 is 4.42 Å². The summed E-state index contributed by atoms with van der Waals surface area (Å²) in [6.45, 7) is 1.91. The molecule has 0 fully saturated rings. The number of furan rings is 1. The van der Waals surface area contributed by atoms with Crippen LogP contribution in [-0.2, 0) is 23.0 Å². The lowest BCUT2D eigenvalue weighted by molar-refractivity contribution is 0.101. The Morgan fingerprint density at radius 1 is 1.17 bits per heavy atom. The van der Waals surface area contributed by atoms with Gasteiger partial charge in [-0.3, -0.25) is 14.9 Å². The minimum absolute atomic E-state index is 0.119. The average molecular weight is 431 g/mol. The van der Waals surface area contributed by atoms with Crippen molar-refractivity contribution in [2.24, 2.45) is 0 Å². The van der Waals surface area contributed by atoms with Gasteiger partial charge in [-0.25, -0.2) is 13.4 Å². The monoisotopic (exact) mass is 431 g/mol. The van der Waals surface area contributed by atoms with E-state index in [1.807, 2.05) is 0 Å². The van der Waals surface area contributed by atoms with Crippen LogP contribution in [0.25, 0.3) is 0 Å². The van der Waals surface area contributed by atoms with E-state index in [4.69, 9.17) is 4.42 Å². The number of carbonyl (C=O) groups is 2. The predicted molar refractivity (Wildman–Crippen MR) is 107 cm³/mol. The molecule has 150 valence electrons. The predicted octanol–water partition coefficient (Wildman–Crippen LogP) is 2.94. The molecule has 4 rings (SSSR count). The molecule has 0 spiro atoms. The number of carbonyl (C=O) groups excluding carboxylic acids is 2. The fourth-order valence-electron chi connectivity index (χ4n) is 3.00. The Morgan fingerprint density at radius 3 is 2.59 bits per heavy atom. The maximum Gasteiger partial charge on any atom is 0.260 e. The molecule has 1 aliphatic heterocycles. The number of hydrogen-bond acceptors (Lipinski definition) is 7. The maximum atomic E-state index is 13.0. The van der Waals surface area contributed by atoms with Crippen molar-refractivity contribution in [1.29, 1.82) is 0 Å². The van der Waals surface area contributed by atoms with Gasteiger partial charge in [-0.05, 0) is 25.1 Å². The second kappa shape index (κ2) is 7.54. The van der Waals surface area contributed by atoms with Crippen LogP contribution in [0.3, 0.4) is 0 Å². The summed E-state index contributed by atoms with van der Waals surface area (Å²) in [5, 5.41) is 3.13. The minimum atomic E-state index is -3.70. The molecule has 10 heteroatoms. The van der Waals surface area contributed by atoms with Gasteiger partial charge in [0.2, 0.25) is 10.0 Å². The highest BCUT2D eigenvalue weighted by Crippen LogP contribution is 2.31. The summed E-state index contributed by atoms with van der Waals surface area (Å²) in [6.07, 6.45) is 3.21. The van der Waals surface area contributed by atoms with Crippen molar-refractivity contribution in [1.82, 2.24) is 9.29 Å². The van der Waals surface area contributed by atoms with Gasteiger partial charge in [-0.15, -0.1) is 11.3 Å². The number of nitrogens with one attached hydrogen (secondary N) is 1. The second-order valence-corrected chi connectivity index (χ2v) is 9.55. The third kappa shape index (κ3) is 3.86. The first-order chi connectivity index (χ1) is 13.8. The molecule has 0 bridgehead atoms. The standard InChI is InChI=1S/C19H17N3O5S2/c1-12(23)13-2-4-15(5-3-13)29(25,26)22-8-6-16-17(10-22)28-19(20-16)21-18(24)14-7-9-27-11-14/h2-5,7,9,11H,6,8,10H2,1H3,(H,20,21,24). The Balaban J connectivity index is 1.51. The van der Waals surface area contributed by atoms with E-state index in [9.17, 15) is 18.0 Å². The molecular weight excluding hydrogens is 414 g/mol. The van der Waals surface area contributed by atoms with Crippen LogP contribution >= 0.6 is 11.3 Å². The van der Waals surface area contributed by atoms with Crippen molar-refractivity contribution < 1.29 is 22.4 Å². The number of thiazole rings is 1. The van der Waals surface area contributed by atoms with Gasteiger partial charge in [0.05, 0.1) is 29.0 Å². The SMILES string of the molecule is CC(=O)c1ccc(S(=O)(=O)N2CCc3nc(NC(=O)c4ccoc4)sc3C2)cc1. The van der Waals surface area contributed by atoms with E-state index < -0.39 is 10.0 Å². The van der Waals surface area contributed by atoms with Crippen LogP contribution in [0.4, 0.5) is 5.13 Å². The Bertz CT molecular complexity index is 1170. The number of hydrogen-bond donors (Lipinski definition) is 1. The maximum absolute atomic E-state index is 13.0. The summed E-state index contributed by atoms with van der Waals surface area (Å²) in [5.74, 6) is -0.453. The fraction of sp³-hybridized carbons (Fsp3) is 0.211. The molecule has 29 heavy (non-hydrogen) atoms. The molecule has 8 nitrogen and oxygen atoms in total. The van der Waals surface area contributed by atoms with Crippen LogP contribution in [0, 0.1) is 0 Å². The minimum Gasteiger partial charge on any atom is -0.472 e. The Kier molecular flexibility index (Phi) is 5.07. The lowest BCUT2D eigenvalue weighted by Crippen LogP contribution is -2.35. The van der Waals surface area contributed by atoms with E-state index in [0.717, 1.165) is 10.6 Å². The topological polar surface area (TPSA) is 110 Å². The van der Waals surface area contributed by atoms with Crippen molar-refractivity contribution in [3.63, 3.8) is 0 Å². The van der Waals surface area contributed by atoms with Gasteiger partial charge in [0, 0.05) is 23.4 Å². The van der Waals surface area contributed by atoms with Gasteiger partial charge in [0.1, 0.15) is 6.26 Å². The second-order valence-electron chi connectivity index (χ2n) is 6.52. The van der Waals surface area contributed by atoms with Gasteiger partial charge in [-0.1, -0.05) is 12.1 Å². The van der Waals surface area contributed by atoms with E-state index in [1.54, 1.807) is 6.07 Å². The Labute approximate surface area is 171 Å². The van der Waals surface area contributed by atoms with Gasteiger partial charge in [0.15, 0.2) is 10.9 Å². The third-order valence-corrected chi connectivity index (χ3v) is 7.46. The van der Waals surface area contributed by atoms with Crippen LogP contribution in [0.2, 0.25) is 0 Å². The van der Waals surface area contributed by atoms with Gasteiger partial charge in [-0.2, -0.15) is 4.31 Å². The smallest absolute Gasteiger partial charge is 0.260 e. The van der Waals surface area contributed by atoms with Crippen molar-refractivity contribution in [3.8, 4) is 0 Å². The zero-order valence-corrected chi connectivity index (χ0v) is 17.0. The number of benzene rings is 1. The number of nitrogens with zero attached hydrogens (tertiary/aromatic N) is 2. The number of ketones is 1. The molecule has 3 heterocycles. The molecule has 0 atom stereocenters. The first kappa shape index (κ1) is 19.5. The normalized spacial score (nSPS) is 14.4. The van der Waals surface area contributed by atoms with E-state index in [2.05, 4.69) is 10.3 Å². The third-order valence-electron chi connectivity index (χ3n) is 4.60. The molecule has 1 aromatic carbocycles. The van der Waals surface area contributed by atoms with Crippen LogP contribution < -0.4 is 5.32 Å². The molecule has 2 aromatic heterocycles. The lowest BCUT2D eigenvalue weighted by atomic mass is 10.2. The van der Waals surface area contributed by atoms with E-state index in [0.29, 0.717) is 29.2 Å². The quantitative estimate of drug-likeness (QED) is 0.622.